The Morgan fingerprint density at radius 2 is 2.17 bits per heavy atom. The highest BCUT2D eigenvalue weighted by molar-refractivity contribution is 7.98. The van der Waals surface area contributed by atoms with Crippen molar-refractivity contribution in [3.8, 4) is 10.4 Å². The van der Waals surface area contributed by atoms with E-state index in [0.29, 0.717) is 28.7 Å². The summed E-state index contributed by atoms with van der Waals surface area (Å²) < 4.78 is 1.76. The number of fused-ring (bicyclic) bond motifs is 1. The average molecular weight is 459 g/mol. The molecule has 0 aromatic carbocycles. The van der Waals surface area contributed by atoms with Crippen molar-refractivity contribution < 1.29 is 0 Å². The normalized spacial score (nSPS) is 11.5. The predicted molar refractivity (Wildman–Crippen MR) is 119 cm³/mol. The number of thioether (sulfide) groups is 1. The molecule has 0 radical (unpaired) electrons. The molecular weight excluding hydrogens is 445 g/mol. The molecule has 0 aliphatic carbocycles. The van der Waals surface area contributed by atoms with Crippen LogP contribution in [0.1, 0.15) is 15.6 Å². The molecular formula is C18H14N6OS4. The lowest BCUT2D eigenvalue weighted by atomic mass is 10.2. The van der Waals surface area contributed by atoms with Gasteiger partial charge in [0, 0.05) is 25.6 Å². The van der Waals surface area contributed by atoms with E-state index in [2.05, 4.69) is 50.6 Å². The highest BCUT2D eigenvalue weighted by Gasteiger charge is 2.15. The minimum absolute atomic E-state index is 0.105. The molecule has 0 saturated heterocycles. The molecule has 5 aromatic rings. The maximum Gasteiger partial charge on any atom is 0.260 e. The van der Waals surface area contributed by atoms with Crippen LogP contribution in [-0.2, 0) is 12.3 Å². The van der Waals surface area contributed by atoms with Crippen molar-refractivity contribution >= 4 is 56.0 Å². The molecule has 146 valence electrons. The van der Waals surface area contributed by atoms with Crippen LogP contribution in [0.3, 0.4) is 0 Å². The fourth-order valence-corrected chi connectivity index (χ4v) is 6.26. The topological polar surface area (TPSA) is 89.3 Å². The number of aromatic nitrogens is 6. The first kappa shape index (κ1) is 18.7. The van der Waals surface area contributed by atoms with Crippen LogP contribution in [0.4, 0.5) is 0 Å². The van der Waals surface area contributed by atoms with Gasteiger partial charge in [-0.15, -0.1) is 39.1 Å². The predicted octanol–water partition coefficient (Wildman–Crippen LogP) is 4.41. The second-order valence-corrected chi connectivity index (χ2v) is 10.4. The van der Waals surface area contributed by atoms with Gasteiger partial charge in [0.2, 0.25) is 5.16 Å². The van der Waals surface area contributed by atoms with Crippen LogP contribution in [0.25, 0.3) is 20.7 Å². The van der Waals surface area contributed by atoms with Gasteiger partial charge < -0.3 is 4.98 Å². The lowest BCUT2D eigenvalue weighted by Crippen LogP contribution is -2.11. The van der Waals surface area contributed by atoms with Crippen LogP contribution < -0.4 is 5.56 Å². The second-order valence-electron chi connectivity index (χ2n) is 6.24. The van der Waals surface area contributed by atoms with Gasteiger partial charge in [-0.1, -0.05) is 17.8 Å². The van der Waals surface area contributed by atoms with Crippen LogP contribution >= 0.6 is 45.8 Å². The third-order valence-electron chi connectivity index (χ3n) is 4.22. The zero-order chi connectivity index (χ0) is 19.8. The molecule has 5 rings (SSSR count). The lowest BCUT2D eigenvalue weighted by Gasteiger charge is -2.03. The number of H-pyrrole nitrogens is 1. The van der Waals surface area contributed by atoms with Crippen LogP contribution in [-0.4, -0.2) is 30.2 Å². The van der Waals surface area contributed by atoms with E-state index < -0.39 is 0 Å². The van der Waals surface area contributed by atoms with Gasteiger partial charge in [0.25, 0.3) is 5.56 Å². The summed E-state index contributed by atoms with van der Waals surface area (Å²) in [6, 6.07) is 8.18. The summed E-state index contributed by atoms with van der Waals surface area (Å²) in [6.45, 7) is 2.69. The van der Waals surface area contributed by atoms with Crippen molar-refractivity contribution in [2.24, 2.45) is 0 Å². The molecule has 5 heterocycles. The number of hydrogen-bond acceptors (Lipinski definition) is 9. The number of thiophene rings is 3. The Morgan fingerprint density at radius 1 is 1.24 bits per heavy atom. The number of rotatable bonds is 6. The van der Waals surface area contributed by atoms with Crippen molar-refractivity contribution in [2.45, 2.75) is 24.4 Å². The van der Waals surface area contributed by atoms with E-state index in [1.54, 1.807) is 27.4 Å². The Bertz CT molecular complexity index is 1330. The van der Waals surface area contributed by atoms with Crippen molar-refractivity contribution in [3.63, 3.8) is 0 Å². The Morgan fingerprint density at radius 3 is 2.97 bits per heavy atom. The standard InChI is InChI=1S/C18H14N6OS4/c1-10-4-5-13(29-10)12-8-27-17-15(12)16(25)19-14(20-17)9-28-18-21-22-23-24(18)7-11-3-2-6-26-11/h2-6,8H,7,9H2,1H3,(H,19,20,25). The quantitative estimate of drug-likeness (QED) is 0.379. The van der Waals surface area contributed by atoms with Gasteiger partial charge in [0.05, 0.1) is 17.7 Å². The maximum absolute atomic E-state index is 12.8. The van der Waals surface area contributed by atoms with E-state index in [0.717, 1.165) is 15.3 Å². The number of aromatic amines is 1. The molecule has 0 spiro atoms. The first-order valence-electron chi connectivity index (χ1n) is 8.66. The Labute approximate surface area is 181 Å². The van der Waals surface area contributed by atoms with E-state index in [9.17, 15) is 4.79 Å². The molecule has 5 aromatic heterocycles. The highest BCUT2D eigenvalue weighted by atomic mass is 32.2. The lowest BCUT2D eigenvalue weighted by molar-refractivity contribution is 0.608. The van der Waals surface area contributed by atoms with E-state index in [4.69, 9.17) is 0 Å². The molecule has 11 heteroatoms. The van der Waals surface area contributed by atoms with Gasteiger partial charge >= 0.3 is 0 Å². The van der Waals surface area contributed by atoms with Gasteiger partial charge in [0.15, 0.2) is 0 Å². The highest BCUT2D eigenvalue weighted by Crippen LogP contribution is 2.35. The summed E-state index contributed by atoms with van der Waals surface area (Å²) in [4.78, 5) is 24.6. The van der Waals surface area contributed by atoms with Crippen LogP contribution in [0.2, 0.25) is 0 Å². The third kappa shape index (κ3) is 3.78. The number of nitrogens with zero attached hydrogens (tertiary/aromatic N) is 5. The average Bonchev–Trinajstić information content (AvgIpc) is 3.48. The molecule has 7 nitrogen and oxygen atoms in total. The summed E-state index contributed by atoms with van der Waals surface area (Å²) in [5.41, 5.74) is 0.849. The number of hydrogen-bond donors (Lipinski definition) is 1. The Balaban J connectivity index is 1.38. The molecule has 0 bridgehead atoms. The molecule has 0 aliphatic heterocycles. The SMILES string of the molecule is Cc1ccc(-c2csc3nc(CSc4nnnn4Cc4cccs4)[nH]c(=O)c23)s1. The van der Waals surface area contributed by atoms with E-state index in [1.165, 1.54) is 32.9 Å². The fourth-order valence-electron chi connectivity index (χ4n) is 2.90. The van der Waals surface area contributed by atoms with Crippen molar-refractivity contribution in [3.05, 3.63) is 61.0 Å². The van der Waals surface area contributed by atoms with Crippen molar-refractivity contribution in [1.29, 1.82) is 0 Å². The molecule has 0 aliphatic rings. The first-order valence-corrected chi connectivity index (χ1v) is 12.2. The van der Waals surface area contributed by atoms with Crippen LogP contribution in [0, 0.1) is 6.92 Å². The van der Waals surface area contributed by atoms with E-state index in [-0.39, 0.29) is 5.56 Å². The fraction of sp³-hybridized carbons (Fsp3) is 0.167. The second kappa shape index (κ2) is 7.82. The summed E-state index contributed by atoms with van der Waals surface area (Å²) in [5, 5.41) is 17.3. The zero-order valence-corrected chi connectivity index (χ0v) is 18.4. The number of tetrazole rings is 1. The monoisotopic (exact) mass is 458 g/mol. The molecule has 29 heavy (non-hydrogen) atoms. The van der Waals surface area contributed by atoms with Gasteiger partial charge in [0.1, 0.15) is 10.7 Å². The number of aryl methyl sites for hydroxylation is 1. The minimum Gasteiger partial charge on any atom is -0.309 e. The maximum atomic E-state index is 12.8. The zero-order valence-electron chi connectivity index (χ0n) is 15.2. The molecule has 1 N–H and O–H groups in total. The van der Waals surface area contributed by atoms with Crippen molar-refractivity contribution in [1.82, 2.24) is 30.2 Å². The molecule has 0 saturated carbocycles. The minimum atomic E-state index is -0.105. The van der Waals surface area contributed by atoms with Gasteiger partial charge in [-0.25, -0.2) is 9.67 Å². The van der Waals surface area contributed by atoms with E-state index in [1.807, 2.05) is 16.8 Å². The molecule has 0 atom stereocenters. The third-order valence-corrected chi connectivity index (χ3v) is 7.96. The Kier molecular flexibility index (Phi) is 5.04. The number of nitrogens with one attached hydrogen (secondary N) is 1. The largest absolute Gasteiger partial charge is 0.309 e. The summed E-state index contributed by atoms with van der Waals surface area (Å²) in [7, 11) is 0. The summed E-state index contributed by atoms with van der Waals surface area (Å²) in [5.74, 6) is 1.11. The molecule has 0 unspecified atom stereocenters. The molecule has 0 fully saturated rings. The van der Waals surface area contributed by atoms with Gasteiger partial charge in [-0.3, -0.25) is 4.79 Å². The van der Waals surface area contributed by atoms with Gasteiger partial charge in [-0.2, -0.15) is 0 Å². The van der Waals surface area contributed by atoms with Crippen molar-refractivity contribution in [2.75, 3.05) is 0 Å². The van der Waals surface area contributed by atoms with E-state index >= 15 is 0 Å². The summed E-state index contributed by atoms with van der Waals surface area (Å²) in [6.07, 6.45) is 0. The molecule has 0 amide bonds. The van der Waals surface area contributed by atoms with Crippen LogP contribution in [0.5, 0.6) is 0 Å². The van der Waals surface area contributed by atoms with Gasteiger partial charge in [-0.05, 0) is 40.9 Å². The van der Waals surface area contributed by atoms with Crippen LogP contribution in [0.15, 0.2) is 45.0 Å². The Hall–Kier alpha value is -2.34. The summed E-state index contributed by atoms with van der Waals surface area (Å²) >= 11 is 6.30. The smallest absolute Gasteiger partial charge is 0.260 e. The first-order chi connectivity index (χ1) is 14.2.